The number of ether oxygens (including phenoxy) is 2. The van der Waals surface area contributed by atoms with E-state index in [0.29, 0.717) is 23.7 Å². The quantitative estimate of drug-likeness (QED) is 0.356. The number of aliphatic imine (C=N–C) groups is 1. The molecule has 1 aliphatic rings. The average molecular weight is 342 g/mol. The maximum atomic E-state index is 12.6. The van der Waals surface area contributed by atoms with Crippen molar-refractivity contribution in [1.82, 2.24) is 4.90 Å². The first-order valence-corrected chi connectivity index (χ1v) is 8.37. The Balaban J connectivity index is 2.24. The van der Waals surface area contributed by atoms with Crippen LogP contribution in [0, 0.1) is 6.92 Å². The Morgan fingerprint density at radius 2 is 2.16 bits per heavy atom. The summed E-state index contributed by atoms with van der Waals surface area (Å²) in [4.78, 5) is 19.0. The van der Waals surface area contributed by atoms with Gasteiger partial charge < -0.3 is 14.4 Å². The number of aryl methyl sites for hydroxylation is 1. The second kappa shape index (κ2) is 8.51. The van der Waals surface area contributed by atoms with Crippen LogP contribution in [0.1, 0.15) is 30.9 Å². The molecule has 5 nitrogen and oxygen atoms in total. The Hall–Kier alpha value is -2.56. The van der Waals surface area contributed by atoms with Crippen molar-refractivity contribution in [3.05, 3.63) is 53.8 Å². The van der Waals surface area contributed by atoms with Crippen molar-refractivity contribution in [1.29, 1.82) is 0 Å². The van der Waals surface area contributed by atoms with Gasteiger partial charge in [-0.2, -0.15) is 0 Å². The van der Waals surface area contributed by atoms with E-state index in [0.717, 1.165) is 24.0 Å². The number of carbonyl (C=O) groups is 1. The minimum atomic E-state index is -0.181. The van der Waals surface area contributed by atoms with Gasteiger partial charge in [-0.25, -0.2) is 4.99 Å². The van der Waals surface area contributed by atoms with Gasteiger partial charge in [-0.05, 0) is 38.3 Å². The van der Waals surface area contributed by atoms with Crippen molar-refractivity contribution in [3.63, 3.8) is 0 Å². The van der Waals surface area contributed by atoms with E-state index in [9.17, 15) is 4.79 Å². The van der Waals surface area contributed by atoms with Gasteiger partial charge in [0.1, 0.15) is 6.04 Å². The topological polar surface area (TPSA) is 51.1 Å². The second-order valence-corrected chi connectivity index (χ2v) is 6.16. The van der Waals surface area contributed by atoms with Gasteiger partial charge in [-0.15, -0.1) is 0 Å². The lowest BCUT2D eigenvalue weighted by atomic mass is 10.1. The van der Waals surface area contributed by atoms with Crippen LogP contribution in [0.15, 0.2) is 47.7 Å². The Morgan fingerprint density at radius 1 is 1.40 bits per heavy atom. The summed E-state index contributed by atoms with van der Waals surface area (Å²) in [6.45, 7) is 8.51. The summed E-state index contributed by atoms with van der Waals surface area (Å²) in [6.07, 6.45) is 3.20. The van der Waals surface area contributed by atoms with Gasteiger partial charge in [-0.3, -0.25) is 4.79 Å². The first kappa shape index (κ1) is 18.8. The smallest absolute Gasteiger partial charge is 0.253 e. The lowest BCUT2D eigenvalue weighted by molar-refractivity contribution is -0.127. The summed E-state index contributed by atoms with van der Waals surface area (Å²) < 4.78 is 10.5. The van der Waals surface area contributed by atoms with E-state index in [1.54, 1.807) is 18.9 Å². The van der Waals surface area contributed by atoms with Gasteiger partial charge in [0.05, 0.1) is 26.2 Å². The fourth-order valence-electron chi connectivity index (χ4n) is 3.00. The molecule has 2 rings (SSSR count). The zero-order chi connectivity index (χ0) is 18.4. The number of likely N-dealkylation sites (tertiary alicyclic amines) is 1. The molecule has 0 bridgehead atoms. The summed E-state index contributed by atoms with van der Waals surface area (Å²) in [6, 6.07) is 7.82. The Kier molecular flexibility index (Phi) is 6.39. The molecule has 0 aliphatic carbocycles. The molecule has 0 N–H and O–H groups in total. The molecule has 1 fully saturated rings. The molecule has 1 aromatic rings. The molecule has 25 heavy (non-hydrogen) atoms. The van der Waals surface area contributed by atoms with Crippen LogP contribution < -0.4 is 0 Å². The molecule has 1 saturated heterocycles. The minimum Gasteiger partial charge on any atom is -0.504 e. The van der Waals surface area contributed by atoms with E-state index in [1.165, 1.54) is 13.4 Å². The number of hydrogen-bond donors (Lipinski definition) is 0. The van der Waals surface area contributed by atoms with Crippen molar-refractivity contribution in [2.75, 3.05) is 20.8 Å². The van der Waals surface area contributed by atoms with E-state index in [2.05, 4.69) is 11.6 Å². The third kappa shape index (κ3) is 4.50. The van der Waals surface area contributed by atoms with Gasteiger partial charge in [-0.1, -0.05) is 30.3 Å². The Bertz CT molecular complexity index is 707. The third-order valence-electron chi connectivity index (χ3n) is 4.24. The van der Waals surface area contributed by atoms with Crippen LogP contribution in [-0.2, 0) is 14.3 Å². The van der Waals surface area contributed by atoms with Gasteiger partial charge in [0, 0.05) is 12.1 Å². The molecule has 5 heteroatoms. The maximum absolute atomic E-state index is 12.6. The fourth-order valence-corrected chi connectivity index (χ4v) is 3.00. The molecule has 0 radical (unpaired) electrons. The van der Waals surface area contributed by atoms with Gasteiger partial charge in [0.25, 0.3) is 5.91 Å². The van der Waals surface area contributed by atoms with Crippen LogP contribution in [0.25, 0.3) is 5.70 Å². The van der Waals surface area contributed by atoms with E-state index in [-0.39, 0.29) is 11.9 Å². The number of amides is 1. The van der Waals surface area contributed by atoms with Crippen molar-refractivity contribution < 1.29 is 14.3 Å². The summed E-state index contributed by atoms with van der Waals surface area (Å²) in [5, 5.41) is 0. The van der Waals surface area contributed by atoms with Gasteiger partial charge in [0.2, 0.25) is 5.90 Å². The molecule has 0 saturated carbocycles. The number of hydrogen-bond acceptors (Lipinski definition) is 4. The summed E-state index contributed by atoms with van der Waals surface area (Å²) in [7, 11) is 3.12. The molecule has 1 atom stereocenters. The van der Waals surface area contributed by atoms with Crippen molar-refractivity contribution in [2.24, 2.45) is 4.99 Å². The zero-order valence-electron chi connectivity index (χ0n) is 15.4. The van der Waals surface area contributed by atoms with Crippen molar-refractivity contribution >= 4 is 17.5 Å². The molecule has 1 aliphatic heterocycles. The molecule has 1 unspecified atom stereocenters. The van der Waals surface area contributed by atoms with Crippen molar-refractivity contribution in [3.8, 4) is 0 Å². The largest absolute Gasteiger partial charge is 0.504 e. The SMILES string of the molecule is C=C(N=C(OC)C1CCCN1C(=O)/C(C)=C/OC)c1cccc(C)c1. The summed E-state index contributed by atoms with van der Waals surface area (Å²) in [5.41, 5.74) is 3.28. The minimum absolute atomic E-state index is 0.0599. The van der Waals surface area contributed by atoms with Crippen LogP contribution in [0.2, 0.25) is 0 Å². The highest BCUT2D eigenvalue weighted by atomic mass is 16.5. The monoisotopic (exact) mass is 342 g/mol. The number of methoxy groups -OCH3 is 2. The van der Waals surface area contributed by atoms with E-state index in [1.807, 2.05) is 31.2 Å². The van der Waals surface area contributed by atoms with E-state index >= 15 is 0 Å². The van der Waals surface area contributed by atoms with Crippen molar-refractivity contribution in [2.45, 2.75) is 32.7 Å². The second-order valence-electron chi connectivity index (χ2n) is 6.16. The molecular weight excluding hydrogens is 316 g/mol. The summed E-state index contributed by atoms with van der Waals surface area (Å²) in [5.74, 6) is 0.456. The van der Waals surface area contributed by atoms with E-state index in [4.69, 9.17) is 9.47 Å². The highest BCUT2D eigenvalue weighted by Gasteiger charge is 2.34. The number of rotatable bonds is 5. The zero-order valence-corrected chi connectivity index (χ0v) is 15.4. The highest BCUT2D eigenvalue weighted by molar-refractivity contribution is 5.97. The first-order chi connectivity index (χ1) is 12.0. The Morgan fingerprint density at radius 3 is 2.80 bits per heavy atom. The van der Waals surface area contributed by atoms with Crippen LogP contribution in [-0.4, -0.2) is 43.5 Å². The van der Waals surface area contributed by atoms with Crippen LogP contribution in [0.5, 0.6) is 0 Å². The standard InChI is InChI=1S/C20H26N2O3/c1-14-8-6-9-17(12-14)16(3)21-19(25-5)18-10-7-11-22(18)20(23)15(2)13-24-4/h6,8-9,12-13,18H,3,7,10-11H2,1-2,4-5H3/b15-13+,21-19?. The van der Waals surface area contributed by atoms with E-state index < -0.39 is 0 Å². The number of nitrogens with zero attached hydrogens (tertiary/aromatic N) is 2. The molecule has 1 aromatic carbocycles. The molecule has 0 aromatic heterocycles. The van der Waals surface area contributed by atoms with Gasteiger partial charge >= 0.3 is 0 Å². The molecule has 1 heterocycles. The van der Waals surface area contributed by atoms with Crippen LogP contribution in [0.3, 0.4) is 0 Å². The molecular formula is C20H26N2O3. The normalized spacial score (nSPS) is 18.2. The number of benzene rings is 1. The first-order valence-electron chi connectivity index (χ1n) is 8.37. The summed E-state index contributed by atoms with van der Waals surface area (Å²) >= 11 is 0. The molecule has 0 spiro atoms. The number of carbonyl (C=O) groups excluding carboxylic acids is 1. The predicted molar refractivity (Wildman–Crippen MR) is 100 cm³/mol. The Labute approximate surface area is 149 Å². The average Bonchev–Trinajstić information content (AvgIpc) is 3.08. The lowest BCUT2D eigenvalue weighted by Gasteiger charge is -2.25. The lowest BCUT2D eigenvalue weighted by Crippen LogP contribution is -2.41. The van der Waals surface area contributed by atoms with Crippen LogP contribution >= 0.6 is 0 Å². The molecule has 134 valence electrons. The predicted octanol–water partition coefficient (Wildman–Crippen LogP) is 3.55. The molecule has 1 amide bonds. The maximum Gasteiger partial charge on any atom is 0.253 e. The highest BCUT2D eigenvalue weighted by Crippen LogP contribution is 2.24. The third-order valence-corrected chi connectivity index (χ3v) is 4.24. The fraction of sp³-hybridized carbons (Fsp3) is 0.400. The van der Waals surface area contributed by atoms with Gasteiger partial charge in [0.15, 0.2) is 0 Å². The van der Waals surface area contributed by atoms with Crippen LogP contribution in [0.4, 0.5) is 0 Å².